The Morgan fingerprint density at radius 3 is 1.97 bits per heavy atom. The summed E-state index contributed by atoms with van der Waals surface area (Å²) in [6.07, 6.45) is 0.822. The normalized spacial score (nSPS) is 10.2. The molecule has 0 heterocycles. The third-order valence-electron chi connectivity index (χ3n) is 4.94. The van der Waals surface area contributed by atoms with Crippen molar-refractivity contribution in [3.8, 4) is 17.2 Å². The maximum absolute atomic E-state index is 12.5. The van der Waals surface area contributed by atoms with Gasteiger partial charge >= 0.3 is 0 Å². The van der Waals surface area contributed by atoms with Gasteiger partial charge in [-0.3, -0.25) is 10.1 Å². The van der Waals surface area contributed by atoms with Gasteiger partial charge < -0.3 is 14.8 Å². The minimum absolute atomic E-state index is 0.213. The largest absolute Gasteiger partial charge is 0.493 e. The average Bonchev–Trinajstić information content (AvgIpc) is 2.87. The highest BCUT2D eigenvalue weighted by Gasteiger charge is 2.09. The number of thiocarbonyl (C=S) groups is 1. The Bertz CT molecular complexity index is 1210. The summed E-state index contributed by atoms with van der Waals surface area (Å²) in [5.74, 6) is 1.89. The van der Waals surface area contributed by atoms with Crippen LogP contribution in [-0.2, 0) is 6.42 Å². The molecule has 0 fully saturated rings. The Kier molecular flexibility index (Phi) is 7.87. The molecule has 0 bridgehead atoms. The molecule has 0 saturated heterocycles. The summed E-state index contributed by atoms with van der Waals surface area (Å²) >= 11 is 5.28. The van der Waals surface area contributed by atoms with Gasteiger partial charge in [-0.05, 0) is 78.4 Å². The summed E-state index contributed by atoms with van der Waals surface area (Å²) in [5.41, 5.74) is 2.46. The monoisotopic (exact) mass is 468 g/mol. The lowest BCUT2D eigenvalue weighted by Crippen LogP contribution is -2.34. The van der Waals surface area contributed by atoms with Crippen molar-refractivity contribution in [2.45, 2.75) is 6.42 Å². The van der Waals surface area contributed by atoms with Crippen molar-refractivity contribution in [2.75, 3.05) is 11.9 Å². The van der Waals surface area contributed by atoms with Gasteiger partial charge in [0, 0.05) is 17.7 Å². The predicted octanol–water partition coefficient (Wildman–Crippen LogP) is 6.23. The minimum Gasteiger partial charge on any atom is -0.493 e. The molecule has 0 atom stereocenters. The molecule has 0 aliphatic heterocycles. The highest BCUT2D eigenvalue weighted by Crippen LogP contribution is 2.22. The number of para-hydroxylation sites is 1. The summed E-state index contributed by atoms with van der Waals surface area (Å²) < 4.78 is 11.5. The first-order chi connectivity index (χ1) is 16.7. The van der Waals surface area contributed by atoms with Gasteiger partial charge in [0.25, 0.3) is 5.91 Å². The van der Waals surface area contributed by atoms with E-state index in [0.717, 1.165) is 17.9 Å². The highest BCUT2D eigenvalue weighted by molar-refractivity contribution is 7.80. The van der Waals surface area contributed by atoms with Crippen LogP contribution in [0.15, 0.2) is 109 Å². The molecule has 2 N–H and O–H groups in total. The first-order valence-corrected chi connectivity index (χ1v) is 11.3. The molecule has 0 unspecified atom stereocenters. The van der Waals surface area contributed by atoms with Gasteiger partial charge in [0.1, 0.15) is 17.2 Å². The van der Waals surface area contributed by atoms with Crippen LogP contribution in [0.3, 0.4) is 0 Å². The van der Waals surface area contributed by atoms with Crippen molar-refractivity contribution in [1.29, 1.82) is 0 Å². The number of nitrogens with one attached hydrogen (secondary N) is 2. The van der Waals surface area contributed by atoms with Gasteiger partial charge in [0.05, 0.1) is 6.61 Å². The van der Waals surface area contributed by atoms with Crippen molar-refractivity contribution in [3.63, 3.8) is 0 Å². The van der Waals surface area contributed by atoms with Crippen LogP contribution in [0.4, 0.5) is 5.69 Å². The minimum atomic E-state index is -0.294. The fourth-order valence-corrected chi connectivity index (χ4v) is 3.41. The van der Waals surface area contributed by atoms with Crippen molar-refractivity contribution < 1.29 is 14.3 Å². The van der Waals surface area contributed by atoms with Crippen molar-refractivity contribution in [2.24, 2.45) is 0 Å². The van der Waals surface area contributed by atoms with Crippen molar-refractivity contribution in [3.05, 3.63) is 120 Å². The van der Waals surface area contributed by atoms with E-state index in [0.29, 0.717) is 23.7 Å². The number of hydrogen-bond donors (Lipinski definition) is 2. The van der Waals surface area contributed by atoms with Crippen LogP contribution in [-0.4, -0.2) is 17.6 Å². The van der Waals surface area contributed by atoms with Crippen molar-refractivity contribution >= 4 is 28.9 Å². The first kappa shape index (κ1) is 23.0. The zero-order chi connectivity index (χ0) is 23.6. The van der Waals surface area contributed by atoms with Gasteiger partial charge in [-0.1, -0.05) is 48.5 Å². The second-order valence-electron chi connectivity index (χ2n) is 7.46. The highest BCUT2D eigenvalue weighted by atomic mass is 32.1. The summed E-state index contributed by atoms with van der Waals surface area (Å²) in [4.78, 5) is 12.5. The number of carbonyl (C=O) groups excluding carboxylic acids is 1. The predicted molar refractivity (Wildman–Crippen MR) is 139 cm³/mol. The summed E-state index contributed by atoms with van der Waals surface area (Å²) in [7, 11) is 0. The SMILES string of the molecule is O=C(NC(=S)Nc1ccc(Oc2ccccc2)cc1)c1ccc(OCCc2ccccc2)cc1. The van der Waals surface area contributed by atoms with E-state index in [9.17, 15) is 4.79 Å². The third-order valence-corrected chi connectivity index (χ3v) is 5.14. The first-order valence-electron chi connectivity index (χ1n) is 10.9. The Labute approximate surface area is 204 Å². The van der Waals surface area contributed by atoms with Crippen LogP contribution in [0.5, 0.6) is 17.2 Å². The van der Waals surface area contributed by atoms with E-state index in [1.807, 2.05) is 72.8 Å². The Hall–Kier alpha value is -4.16. The van der Waals surface area contributed by atoms with Crippen LogP contribution in [0, 0.1) is 0 Å². The topological polar surface area (TPSA) is 59.6 Å². The molecule has 6 heteroatoms. The number of carbonyl (C=O) groups is 1. The molecule has 34 heavy (non-hydrogen) atoms. The fraction of sp³-hybridized carbons (Fsp3) is 0.0714. The van der Waals surface area contributed by atoms with Crippen molar-refractivity contribution in [1.82, 2.24) is 5.32 Å². The smallest absolute Gasteiger partial charge is 0.257 e. The van der Waals surface area contributed by atoms with Gasteiger partial charge in [0.2, 0.25) is 0 Å². The third kappa shape index (κ3) is 6.92. The van der Waals surface area contributed by atoms with Gasteiger partial charge in [-0.2, -0.15) is 0 Å². The van der Waals surface area contributed by atoms with E-state index in [1.165, 1.54) is 5.56 Å². The average molecular weight is 469 g/mol. The Morgan fingerprint density at radius 1 is 0.706 bits per heavy atom. The van der Waals surface area contributed by atoms with Crippen LogP contribution in [0.25, 0.3) is 0 Å². The van der Waals surface area contributed by atoms with Crippen LogP contribution >= 0.6 is 12.2 Å². The zero-order valence-corrected chi connectivity index (χ0v) is 19.3. The summed E-state index contributed by atoms with van der Waals surface area (Å²) in [5, 5.41) is 5.91. The second-order valence-corrected chi connectivity index (χ2v) is 7.86. The molecule has 4 rings (SSSR count). The molecular weight excluding hydrogens is 444 g/mol. The molecule has 0 aromatic heterocycles. The fourth-order valence-electron chi connectivity index (χ4n) is 3.20. The molecule has 4 aromatic carbocycles. The maximum atomic E-state index is 12.5. The molecule has 0 spiro atoms. The number of rotatable bonds is 8. The number of anilines is 1. The lowest BCUT2D eigenvalue weighted by atomic mass is 10.2. The van der Waals surface area contributed by atoms with Crippen LogP contribution < -0.4 is 20.1 Å². The molecular formula is C28H24N2O3S. The number of hydrogen-bond acceptors (Lipinski definition) is 4. The molecule has 5 nitrogen and oxygen atoms in total. The molecule has 0 saturated carbocycles. The Morgan fingerprint density at radius 2 is 1.29 bits per heavy atom. The lowest BCUT2D eigenvalue weighted by Gasteiger charge is -2.11. The van der Waals surface area contributed by atoms with E-state index in [1.54, 1.807) is 24.3 Å². The molecule has 170 valence electrons. The molecule has 1 amide bonds. The quantitative estimate of drug-likeness (QED) is 0.300. The van der Waals surface area contributed by atoms with E-state index >= 15 is 0 Å². The molecule has 4 aromatic rings. The van der Waals surface area contributed by atoms with Crippen LogP contribution in [0.2, 0.25) is 0 Å². The number of ether oxygens (including phenoxy) is 2. The van der Waals surface area contributed by atoms with Gasteiger partial charge in [0.15, 0.2) is 5.11 Å². The van der Waals surface area contributed by atoms with Gasteiger partial charge in [-0.15, -0.1) is 0 Å². The molecule has 0 aliphatic rings. The van der Waals surface area contributed by atoms with Crippen LogP contribution in [0.1, 0.15) is 15.9 Å². The van der Waals surface area contributed by atoms with E-state index in [-0.39, 0.29) is 11.0 Å². The second kappa shape index (κ2) is 11.6. The lowest BCUT2D eigenvalue weighted by molar-refractivity contribution is 0.0977. The number of amides is 1. The number of benzene rings is 4. The zero-order valence-electron chi connectivity index (χ0n) is 18.4. The summed E-state index contributed by atoms with van der Waals surface area (Å²) in [6.45, 7) is 0.568. The molecule has 0 radical (unpaired) electrons. The summed E-state index contributed by atoms with van der Waals surface area (Å²) in [6, 6.07) is 34.0. The maximum Gasteiger partial charge on any atom is 0.257 e. The van der Waals surface area contributed by atoms with E-state index in [2.05, 4.69) is 22.8 Å². The Balaban J connectivity index is 1.23. The van der Waals surface area contributed by atoms with E-state index in [4.69, 9.17) is 21.7 Å². The standard InChI is InChI=1S/C28H24N2O3S/c31-27(22-11-15-24(16-12-22)32-20-19-21-7-3-1-4-8-21)30-28(34)29-23-13-17-26(18-14-23)33-25-9-5-2-6-10-25/h1-18H,19-20H2,(H2,29,30,31,34). The molecule has 0 aliphatic carbocycles. The van der Waals surface area contributed by atoms with Gasteiger partial charge in [-0.25, -0.2) is 0 Å². The van der Waals surface area contributed by atoms with E-state index < -0.39 is 0 Å².